The van der Waals surface area contributed by atoms with E-state index in [0.29, 0.717) is 5.02 Å². The van der Waals surface area contributed by atoms with Crippen LogP contribution in [0, 0.1) is 0 Å². The lowest BCUT2D eigenvalue weighted by molar-refractivity contribution is 0.591. The van der Waals surface area contributed by atoms with E-state index < -0.39 is 0 Å². The van der Waals surface area contributed by atoms with Gasteiger partial charge in [0.1, 0.15) is 22.3 Å². The van der Waals surface area contributed by atoms with E-state index in [9.17, 15) is 0 Å². The summed E-state index contributed by atoms with van der Waals surface area (Å²) in [5.74, 6) is 0. The molecule has 0 aliphatic heterocycles. The lowest BCUT2D eigenvalue weighted by Crippen LogP contribution is -2.10. The Morgan fingerprint density at radius 3 is 2.11 bits per heavy atom. The van der Waals surface area contributed by atoms with Crippen LogP contribution in [-0.2, 0) is 5.41 Å². The van der Waals surface area contributed by atoms with Gasteiger partial charge in [0.05, 0.1) is 21.4 Å². The first-order valence-corrected chi connectivity index (χ1v) is 13.3. The molecule has 0 atom stereocenters. The highest BCUT2D eigenvalue weighted by Crippen LogP contribution is 2.45. The smallest absolute Gasteiger partial charge is 0.146 e. The standard InChI is InChI=1S/C34H24ClNO2/c1-34(2,3)19-12-14-26-24(16-19)32-27(18-25(35)31-22-9-5-7-11-29(22)38-33(31)32)36(26)20-13-15-30-23(17-20)21-8-4-6-10-28(21)37-30/h4-18H,1-3H3. The number of benzene rings is 5. The summed E-state index contributed by atoms with van der Waals surface area (Å²) in [7, 11) is 0. The Morgan fingerprint density at radius 2 is 1.32 bits per heavy atom. The van der Waals surface area contributed by atoms with E-state index in [1.54, 1.807) is 0 Å². The van der Waals surface area contributed by atoms with Crippen molar-refractivity contribution in [1.29, 1.82) is 0 Å². The first-order valence-electron chi connectivity index (χ1n) is 12.9. The molecule has 0 amide bonds. The van der Waals surface area contributed by atoms with Gasteiger partial charge in [-0.3, -0.25) is 0 Å². The molecule has 0 spiro atoms. The van der Waals surface area contributed by atoms with Gasteiger partial charge in [0.2, 0.25) is 0 Å². The maximum Gasteiger partial charge on any atom is 0.146 e. The Labute approximate surface area is 223 Å². The molecular formula is C34H24ClNO2. The number of hydrogen-bond acceptors (Lipinski definition) is 2. The largest absolute Gasteiger partial charge is 0.456 e. The second-order valence-corrected chi connectivity index (χ2v) is 11.6. The molecule has 0 aliphatic carbocycles. The summed E-state index contributed by atoms with van der Waals surface area (Å²) in [6.45, 7) is 6.75. The number of para-hydroxylation sites is 2. The number of halogens is 1. The molecule has 0 fully saturated rings. The average molecular weight is 514 g/mol. The van der Waals surface area contributed by atoms with Crippen molar-refractivity contribution in [3.8, 4) is 5.69 Å². The van der Waals surface area contributed by atoms with Gasteiger partial charge in [0.25, 0.3) is 0 Å². The van der Waals surface area contributed by atoms with Crippen molar-refractivity contribution in [2.75, 3.05) is 0 Å². The van der Waals surface area contributed by atoms with Gasteiger partial charge in [-0.15, -0.1) is 0 Å². The summed E-state index contributed by atoms with van der Waals surface area (Å²) in [5, 5.41) is 7.13. The van der Waals surface area contributed by atoms with Gasteiger partial charge >= 0.3 is 0 Å². The highest BCUT2D eigenvalue weighted by molar-refractivity contribution is 6.41. The molecule has 3 heterocycles. The van der Waals surface area contributed by atoms with Crippen molar-refractivity contribution in [2.45, 2.75) is 26.2 Å². The number of furan rings is 2. The fourth-order valence-electron chi connectivity index (χ4n) is 5.93. The third-order valence-electron chi connectivity index (χ3n) is 7.81. The lowest BCUT2D eigenvalue weighted by atomic mass is 9.86. The van der Waals surface area contributed by atoms with Gasteiger partial charge in [-0.2, -0.15) is 0 Å². The molecule has 8 aromatic rings. The number of hydrogen-bond donors (Lipinski definition) is 0. The van der Waals surface area contributed by atoms with Crippen LogP contribution in [0.3, 0.4) is 0 Å². The third-order valence-corrected chi connectivity index (χ3v) is 8.11. The Hall–Kier alpha value is -4.21. The lowest BCUT2D eigenvalue weighted by Gasteiger charge is -2.19. The van der Waals surface area contributed by atoms with Crippen LogP contribution in [0.5, 0.6) is 0 Å². The predicted octanol–water partition coefficient (Wildman–Crippen LogP) is 10.5. The number of aromatic nitrogens is 1. The van der Waals surface area contributed by atoms with Gasteiger partial charge in [0, 0.05) is 32.6 Å². The quantitative estimate of drug-likeness (QED) is 0.218. The van der Waals surface area contributed by atoms with Gasteiger partial charge in [-0.1, -0.05) is 74.8 Å². The zero-order valence-corrected chi connectivity index (χ0v) is 22.1. The molecule has 0 bridgehead atoms. The number of nitrogens with zero attached hydrogens (tertiary/aromatic N) is 1. The molecule has 0 saturated carbocycles. The van der Waals surface area contributed by atoms with Crippen LogP contribution >= 0.6 is 11.6 Å². The fourth-order valence-corrected chi connectivity index (χ4v) is 6.23. The summed E-state index contributed by atoms with van der Waals surface area (Å²) in [6.07, 6.45) is 0. The minimum Gasteiger partial charge on any atom is -0.456 e. The monoisotopic (exact) mass is 513 g/mol. The van der Waals surface area contributed by atoms with Crippen molar-refractivity contribution in [1.82, 2.24) is 4.57 Å². The molecule has 8 rings (SSSR count). The summed E-state index contributed by atoms with van der Waals surface area (Å²) in [4.78, 5) is 0. The Kier molecular flexibility index (Phi) is 4.27. The van der Waals surface area contributed by atoms with Crippen molar-refractivity contribution in [3.05, 3.63) is 102 Å². The first kappa shape index (κ1) is 21.8. The molecular weight excluding hydrogens is 490 g/mol. The summed E-state index contributed by atoms with van der Waals surface area (Å²) in [6, 6.07) is 31.6. The van der Waals surface area contributed by atoms with Crippen LogP contribution in [0.4, 0.5) is 0 Å². The highest BCUT2D eigenvalue weighted by Gasteiger charge is 2.23. The van der Waals surface area contributed by atoms with E-state index in [2.05, 4.69) is 86.0 Å². The molecule has 184 valence electrons. The predicted molar refractivity (Wildman–Crippen MR) is 159 cm³/mol. The molecule has 38 heavy (non-hydrogen) atoms. The van der Waals surface area contributed by atoms with E-state index in [1.807, 2.05) is 30.3 Å². The van der Waals surface area contributed by atoms with Crippen molar-refractivity contribution in [2.24, 2.45) is 0 Å². The second-order valence-electron chi connectivity index (χ2n) is 11.2. The Morgan fingerprint density at radius 1 is 0.605 bits per heavy atom. The zero-order chi connectivity index (χ0) is 25.8. The van der Waals surface area contributed by atoms with E-state index >= 15 is 0 Å². The summed E-state index contributed by atoms with van der Waals surface area (Å²) in [5.41, 5.74) is 7.93. The molecule has 3 nitrogen and oxygen atoms in total. The highest BCUT2D eigenvalue weighted by atomic mass is 35.5. The van der Waals surface area contributed by atoms with Crippen LogP contribution in [-0.4, -0.2) is 4.57 Å². The van der Waals surface area contributed by atoms with Crippen LogP contribution in [0.2, 0.25) is 5.02 Å². The number of rotatable bonds is 1. The van der Waals surface area contributed by atoms with Crippen LogP contribution in [0.1, 0.15) is 26.3 Å². The zero-order valence-electron chi connectivity index (χ0n) is 21.3. The van der Waals surface area contributed by atoms with Gasteiger partial charge in [0.15, 0.2) is 0 Å². The third kappa shape index (κ3) is 2.91. The van der Waals surface area contributed by atoms with Gasteiger partial charge < -0.3 is 13.4 Å². The fraction of sp³-hybridized carbons (Fsp3) is 0.118. The first-order chi connectivity index (χ1) is 18.4. The Balaban J connectivity index is 1.56. The molecule has 0 radical (unpaired) electrons. The average Bonchev–Trinajstić information content (AvgIpc) is 3.56. The molecule has 3 aromatic heterocycles. The van der Waals surface area contributed by atoms with Gasteiger partial charge in [-0.05, 0) is 59.5 Å². The van der Waals surface area contributed by atoms with Crippen molar-refractivity contribution >= 4 is 77.3 Å². The minimum absolute atomic E-state index is 0.0106. The van der Waals surface area contributed by atoms with Crippen LogP contribution < -0.4 is 0 Å². The molecule has 5 aromatic carbocycles. The van der Waals surface area contributed by atoms with E-state index in [0.717, 1.165) is 71.4 Å². The van der Waals surface area contributed by atoms with Gasteiger partial charge in [-0.25, -0.2) is 0 Å². The van der Waals surface area contributed by atoms with E-state index in [4.69, 9.17) is 20.4 Å². The van der Waals surface area contributed by atoms with E-state index in [-0.39, 0.29) is 5.41 Å². The molecule has 0 N–H and O–H groups in total. The molecule has 0 saturated heterocycles. The maximum atomic E-state index is 7.01. The summed E-state index contributed by atoms with van der Waals surface area (Å²) >= 11 is 7.01. The molecule has 4 heteroatoms. The van der Waals surface area contributed by atoms with Crippen molar-refractivity contribution in [3.63, 3.8) is 0 Å². The molecule has 0 aliphatic rings. The normalized spacial score (nSPS) is 12.7. The topological polar surface area (TPSA) is 31.2 Å². The Bertz CT molecular complexity index is 2240. The minimum atomic E-state index is 0.0106. The van der Waals surface area contributed by atoms with E-state index in [1.165, 1.54) is 5.56 Å². The SMILES string of the molecule is CC(C)(C)c1ccc2c(c1)c1c3oc4ccccc4c3c(Cl)cc1n2-c1ccc2oc3ccccc3c2c1. The maximum absolute atomic E-state index is 7.01. The van der Waals surface area contributed by atoms with Crippen molar-refractivity contribution < 1.29 is 8.83 Å². The second kappa shape index (κ2) is 7.43. The van der Waals surface area contributed by atoms with Crippen LogP contribution in [0.15, 0.2) is 99.8 Å². The summed E-state index contributed by atoms with van der Waals surface area (Å²) < 4.78 is 15.0. The number of fused-ring (bicyclic) bond motifs is 10. The van der Waals surface area contributed by atoms with Crippen LogP contribution in [0.25, 0.3) is 71.4 Å². The molecule has 0 unspecified atom stereocenters.